The lowest BCUT2D eigenvalue weighted by atomic mass is 10.2. The van der Waals surface area contributed by atoms with Crippen molar-refractivity contribution in [2.45, 2.75) is 50.4 Å². The molecule has 1 aromatic rings. The zero-order chi connectivity index (χ0) is 14.5. The van der Waals surface area contributed by atoms with Crippen molar-refractivity contribution in [2.75, 3.05) is 13.6 Å². The largest absolute Gasteiger partial charge is 0.312 e. The molecule has 1 atom stereocenters. The van der Waals surface area contributed by atoms with E-state index in [0.717, 1.165) is 30.8 Å². The number of rotatable bonds is 8. The molecule has 4 nitrogen and oxygen atoms in total. The number of sulfonamides is 1. The maximum absolute atomic E-state index is 12.5. The van der Waals surface area contributed by atoms with Gasteiger partial charge in [0.1, 0.15) is 4.21 Å². The van der Waals surface area contributed by atoms with Gasteiger partial charge < -0.3 is 5.32 Å². The fourth-order valence-electron chi connectivity index (χ4n) is 1.82. The van der Waals surface area contributed by atoms with Crippen LogP contribution in [0.2, 0.25) is 0 Å². The predicted octanol–water partition coefficient (Wildman–Crippen LogP) is 2.67. The van der Waals surface area contributed by atoms with Gasteiger partial charge in [-0.05, 0) is 32.0 Å². The van der Waals surface area contributed by atoms with Crippen molar-refractivity contribution in [1.82, 2.24) is 9.62 Å². The van der Waals surface area contributed by atoms with Gasteiger partial charge in [0.2, 0.25) is 0 Å². The average molecular weight is 304 g/mol. The lowest BCUT2D eigenvalue weighted by Crippen LogP contribution is -2.34. The molecule has 0 fully saturated rings. The van der Waals surface area contributed by atoms with Gasteiger partial charge in [-0.2, -0.15) is 4.31 Å². The van der Waals surface area contributed by atoms with E-state index in [2.05, 4.69) is 12.2 Å². The Balaban J connectivity index is 2.84. The van der Waals surface area contributed by atoms with E-state index >= 15 is 0 Å². The Kier molecular flexibility index (Phi) is 6.46. The van der Waals surface area contributed by atoms with Crippen LogP contribution in [0.1, 0.15) is 38.5 Å². The molecule has 1 unspecified atom stereocenters. The van der Waals surface area contributed by atoms with Crippen molar-refractivity contribution >= 4 is 21.4 Å². The van der Waals surface area contributed by atoms with Gasteiger partial charge in [0.15, 0.2) is 0 Å². The summed E-state index contributed by atoms with van der Waals surface area (Å²) in [5, 5.41) is 3.20. The van der Waals surface area contributed by atoms with Crippen molar-refractivity contribution in [3.8, 4) is 0 Å². The highest BCUT2D eigenvalue weighted by atomic mass is 32.2. The summed E-state index contributed by atoms with van der Waals surface area (Å²) in [5.74, 6) is 0. The summed E-state index contributed by atoms with van der Waals surface area (Å²) < 4.78 is 26.8. The van der Waals surface area contributed by atoms with Crippen LogP contribution >= 0.6 is 11.3 Å². The molecule has 0 aliphatic carbocycles. The Hall–Kier alpha value is -0.430. The van der Waals surface area contributed by atoms with E-state index in [1.807, 2.05) is 19.9 Å². The smallest absolute Gasteiger partial charge is 0.252 e. The molecular formula is C13H24N2O2S2. The third-order valence-corrected chi connectivity index (χ3v) is 6.67. The summed E-state index contributed by atoms with van der Waals surface area (Å²) in [4.78, 5) is 1.05. The second-order valence-corrected chi connectivity index (χ2v) is 8.05. The summed E-state index contributed by atoms with van der Waals surface area (Å²) in [6, 6.07) is 3.63. The molecule has 0 saturated carbocycles. The molecule has 0 aliphatic rings. The summed E-state index contributed by atoms with van der Waals surface area (Å²) in [6.07, 6.45) is 1.86. The van der Waals surface area contributed by atoms with Gasteiger partial charge in [-0.1, -0.05) is 20.3 Å². The Morgan fingerprint density at radius 1 is 1.37 bits per heavy atom. The van der Waals surface area contributed by atoms with Gasteiger partial charge in [0.25, 0.3) is 10.0 Å². The van der Waals surface area contributed by atoms with Crippen molar-refractivity contribution in [3.05, 3.63) is 17.0 Å². The van der Waals surface area contributed by atoms with Crippen molar-refractivity contribution in [3.63, 3.8) is 0 Å². The molecular weight excluding hydrogens is 280 g/mol. The first-order chi connectivity index (χ1) is 8.93. The Morgan fingerprint density at radius 3 is 2.63 bits per heavy atom. The molecule has 0 saturated heterocycles. The summed E-state index contributed by atoms with van der Waals surface area (Å²) in [7, 11) is -1.67. The molecule has 1 heterocycles. The van der Waals surface area contributed by atoms with Crippen LogP contribution in [-0.4, -0.2) is 32.4 Å². The minimum Gasteiger partial charge on any atom is -0.312 e. The molecule has 0 spiro atoms. The van der Waals surface area contributed by atoms with Crippen LogP contribution in [0.15, 0.2) is 16.3 Å². The average Bonchev–Trinajstić information content (AvgIpc) is 2.85. The fourth-order valence-corrected chi connectivity index (χ4v) is 4.72. The van der Waals surface area contributed by atoms with Gasteiger partial charge in [-0.15, -0.1) is 11.3 Å². The minimum atomic E-state index is -3.34. The lowest BCUT2D eigenvalue weighted by Gasteiger charge is -2.23. The van der Waals surface area contributed by atoms with Crippen LogP contribution < -0.4 is 5.32 Å². The van der Waals surface area contributed by atoms with Gasteiger partial charge in [-0.3, -0.25) is 0 Å². The minimum absolute atomic E-state index is 0.0364. The summed E-state index contributed by atoms with van der Waals surface area (Å²) in [5.41, 5.74) is 0. The molecule has 0 amide bonds. The van der Waals surface area contributed by atoms with Crippen LogP contribution in [0.4, 0.5) is 0 Å². The Morgan fingerprint density at radius 2 is 2.05 bits per heavy atom. The third kappa shape index (κ3) is 4.27. The first kappa shape index (κ1) is 16.6. The van der Waals surface area contributed by atoms with Crippen molar-refractivity contribution in [1.29, 1.82) is 0 Å². The maximum Gasteiger partial charge on any atom is 0.252 e. The van der Waals surface area contributed by atoms with Gasteiger partial charge in [0.05, 0.1) is 0 Å². The standard InChI is InChI=1S/C13H24N2O2S2/c1-5-7-11(3)15(4)19(16,17)13-9-8-12(18-13)10-14-6-2/h8-9,11,14H,5-7,10H2,1-4H3. The molecule has 1 N–H and O–H groups in total. The Labute approximate surface area is 120 Å². The molecule has 0 aromatic carbocycles. The molecule has 0 radical (unpaired) electrons. The monoisotopic (exact) mass is 304 g/mol. The van der Waals surface area contributed by atoms with Crippen LogP contribution in [0.25, 0.3) is 0 Å². The third-order valence-electron chi connectivity index (χ3n) is 3.15. The van der Waals surface area contributed by atoms with Crippen molar-refractivity contribution < 1.29 is 8.42 Å². The maximum atomic E-state index is 12.5. The van der Waals surface area contributed by atoms with E-state index in [1.54, 1.807) is 13.1 Å². The van der Waals surface area contributed by atoms with Gasteiger partial charge >= 0.3 is 0 Å². The first-order valence-corrected chi connectivity index (χ1v) is 8.96. The molecule has 6 heteroatoms. The van der Waals surface area contributed by atoms with Crippen LogP contribution in [0, 0.1) is 0 Å². The zero-order valence-corrected chi connectivity index (χ0v) is 13.8. The van der Waals surface area contributed by atoms with Crippen molar-refractivity contribution in [2.24, 2.45) is 0 Å². The van der Waals surface area contributed by atoms with Crippen LogP contribution in [-0.2, 0) is 16.6 Å². The second-order valence-electron chi connectivity index (χ2n) is 4.66. The quantitative estimate of drug-likeness (QED) is 0.803. The number of hydrogen-bond donors (Lipinski definition) is 1. The van der Waals surface area contributed by atoms with E-state index < -0.39 is 10.0 Å². The zero-order valence-electron chi connectivity index (χ0n) is 12.1. The molecule has 1 aromatic heterocycles. The molecule has 19 heavy (non-hydrogen) atoms. The summed E-state index contributed by atoms with van der Waals surface area (Å²) in [6.45, 7) is 7.66. The molecule has 110 valence electrons. The molecule has 1 rings (SSSR count). The Bertz CT molecular complexity index is 483. The number of thiophene rings is 1. The van der Waals surface area contributed by atoms with E-state index in [0.29, 0.717) is 4.21 Å². The topological polar surface area (TPSA) is 49.4 Å². The van der Waals surface area contributed by atoms with Crippen LogP contribution in [0.5, 0.6) is 0 Å². The number of nitrogens with one attached hydrogen (secondary N) is 1. The van der Waals surface area contributed by atoms with Crippen LogP contribution in [0.3, 0.4) is 0 Å². The number of nitrogens with zero attached hydrogens (tertiary/aromatic N) is 1. The first-order valence-electron chi connectivity index (χ1n) is 6.70. The second kappa shape index (κ2) is 7.38. The molecule has 0 aliphatic heterocycles. The lowest BCUT2D eigenvalue weighted by molar-refractivity contribution is 0.369. The van der Waals surface area contributed by atoms with E-state index in [1.165, 1.54) is 15.6 Å². The molecule has 0 bridgehead atoms. The van der Waals surface area contributed by atoms with Gasteiger partial charge in [0, 0.05) is 24.5 Å². The van der Waals surface area contributed by atoms with E-state index in [9.17, 15) is 8.42 Å². The highest BCUT2D eigenvalue weighted by molar-refractivity contribution is 7.91. The SMILES string of the molecule is CCCC(C)N(C)S(=O)(=O)c1ccc(CNCC)s1. The highest BCUT2D eigenvalue weighted by Crippen LogP contribution is 2.26. The predicted molar refractivity (Wildman–Crippen MR) is 81.0 cm³/mol. The normalized spacial score (nSPS) is 13.9. The van der Waals surface area contributed by atoms with Gasteiger partial charge in [-0.25, -0.2) is 8.42 Å². The highest BCUT2D eigenvalue weighted by Gasteiger charge is 2.26. The number of hydrogen-bond acceptors (Lipinski definition) is 4. The van der Waals surface area contributed by atoms with E-state index in [-0.39, 0.29) is 6.04 Å². The fraction of sp³-hybridized carbons (Fsp3) is 0.692. The van der Waals surface area contributed by atoms with E-state index in [4.69, 9.17) is 0 Å². The summed E-state index contributed by atoms with van der Waals surface area (Å²) >= 11 is 1.35.